The van der Waals surface area contributed by atoms with Crippen LogP contribution in [0.15, 0.2) is 24.3 Å². The molecule has 1 atom stereocenters. The zero-order valence-corrected chi connectivity index (χ0v) is 8.21. The molecule has 0 saturated carbocycles. The summed E-state index contributed by atoms with van der Waals surface area (Å²) in [6.45, 7) is -0.737. The Hall–Kier alpha value is -1.92. The Bertz CT molecular complexity index is 404. The summed E-state index contributed by atoms with van der Waals surface area (Å²) in [5, 5.41) is 30.4. The summed E-state index contributed by atoms with van der Waals surface area (Å²) in [4.78, 5) is 21.9. The van der Waals surface area contributed by atoms with E-state index < -0.39 is 24.6 Å². The van der Waals surface area contributed by atoms with E-state index in [9.17, 15) is 14.7 Å². The van der Waals surface area contributed by atoms with Gasteiger partial charge >= 0.3 is 0 Å². The van der Waals surface area contributed by atoms with Crippen LogP contribution in [-0.2, 0) is 4.79 Å². The molecule has 6 heteroatoms. The molecule has 0 fully saturated rings. The molecule has 0 aliphatic carbocycles. The smallest absolute Gasteiger partial charge is 0.255 e. The van der Waals surface area contributed by atoms with Gasteiger partial charge in [0.05, 0.1) is 12.6 Å². The SMILES string of the molecule is O=C([O-])c1ccccc1NC(=O)C(O)CO. The van der Waals surface area contributed by atoms with Crippen molar-refractivity contribution in [2.45, 2.75) is 6.10 Å². The minimum Gasteiger partial charge on any atom is -0.545 e. The summed E-state index contributed by atoms with van der Waals surface area (Å²) in [5.41, 5.74) is -0.180. The van der Waals surface area contributed by atoms with Crippen LogP contribution < -0.4 is 10.4 Å². The van der Waals surface area contributed by atoms with Gasteiger partial charge in [-0.1, -0.05) is 18.2 Å². The molecule has 0 aliphatic heterocycles. The third-order valence-electron chi connectivity index (χ3n) is 1.88. The molecule has 0 heterocycles. The molecule has 1 amide bonds. The van der Waals surface area contributed by atoms with Gasteiger partial charge in [-0.3, -0.25) is 4.79 Å². The summed E-state index contributed by atoms with van der Waals surface area (Å²) >= 11 is 0. The molecule has 6 nitrogen and oxygen atoms in total. The molecular weight excluding hydrogens is 214 g/mol. The van der Waals surface area contributed by atoms with E-state index in [1.165, 1.54) is 24.3 Å². The highest BCUT2D eigenvalue weighted by Gasteiger charge is 2.14. The number of aliphatic hydroxyl groups excluding tert-OH is 2. The standard InChI is InChI=1S/C10H11NO5/c12-5-8(13)9(14)11-7-4-2-1-3-6(7)10(15)16/h1-4,8,12-13H,5H2,(H,11,14)(H,15,16)/p-1. The van der Waals surface area contributed by atoms with Gasteiger partial charge in [-0.05, 0) is 6.07 Å². The molecule has 1 unspecified atom stereocenters. The van der Waals surface area contributed by atoms with Crippen molar-refractivity contribution in [3.05, 3.63) is 29.8 Å². The van der Waals surface area contributed by atoms with Crippen LogP contribution in [-0.4, -0.2) is 34.8 Å². The van der Waals surface area contributed by atoms with E-state index >= 15 is 0 Å². The van der Waals surface area contributed by atoms with Crippen molar-refractivity contribution >= 4 is 17.6 Å². The summed E-state index contributed by atoms with van der Waals surface area (Å²) in [6, 6.07) is 5.61. The fraction of sp³-hybridized carbons (Fsp3) is 0.200. The molecule has 16 heavy (non-hydrogen) atoms. The van der Waals surface area contributed by atoms with Gasteiger partial charge in [0.1, 0.15) is 0 Å². The van der Waals surface area contributed by atoms with E-state index in [0.29, 0.717) is 0 Å². The van der Waals surface area contributed by atoms with Gasteiger partial charge in [0.2, 0.25) is 0 Å². The van der Waals surface area contributed by atoms with Gasteiger partial charge in [-0.25, -0.2) is 0 Å². The number of hydrogen-bond acceptors (Lipinski definition) is 5. The Balaban J connectivity index is 2.89. The van der Waals surface area contributed by atoms with Crippen molar-refractivity contribution in [2.75, 3.05) is 11.9 Å². The fourth-order valence-electron chi connectivity index (χ4n) is 1.07. The zero-order chi connectivity index (χ0) is 12.1. The number of nitrogens with one attached hydrogen (secondary N) is 1. The Morgan fingerprint density at radius 1 is 1.38 bits per heavy atom. The second-order valence-corrected chi connectivity index (χ2v) is 3.02. The lowest BCUT2D eigenvalue weighted by molar-refractivity contribution is -0.254. The number of hydrogen-bond donors (Lipinski definition) is 3. The minimum absolute atomic E-state index is 0.0139. The van der Waals surface area contributed by atoms with Crippen LogP contribution in [0.4, 0.5) is 5.69 Å². The molecule has 1 aromatic rings. The lowest BCUT2D eigenvalue weighted by atomic mass is 10.1. The van der Waals surface area contributed by atoms with Crippen LogP contribution in [0.25, 0.3) is 0 Å². The molecule has 0 aromatic heterocycles. The average Bonchev–Trinajstić information content (AvgIpc) is 2.28. The molecule has 0 bridgehead atoms. The molecule has 1 rings (SSSR count). The predicted molar refractivity (Wildman–Crippen MR) is 52.5 cm³/mol. The van der Waals surface area contributed by atoms with E-state index in [4.69, 9.17) is 10.2 Å². The lowest BCUT2D eigenvalue weighted by Crippen LogP contribution is -2.32. The van der Waals surface area contributed by atoms with E-state index in [-0.39, 0.29) is 11.3 Å². The Labute approximate surface area is 91.1 Å². The maximum absolute atomic E-state index is 11.2. The maximum Gasteiger partial charge on any atom is 0.255 e. The first kappa shape index (κ1) is 12.2. The van der Waals surface area contributed by atoms with Crippen LogP contribution in [0.1, 0.15) is 10.4 Å². The monoisotopic (exact) mass is 224 g/mol. The van der Waals surface area contributed by atoms with E-state index in [1.807, 2.05) is 0 Å². The molecule has 1 aromatic carbocycles. The number of carbonyl (C=O) groups excluding carboxylic acids is 2. The molecular formula is C10H10NO5-. The summed E-state index contributed by atoms with van der Waals surface area (Å²) in [6.07, 6.45) is -1.59. The van der Waals surface area contributed by atoms with Gasteiger partial charge in [-0.2, -0.15) is 0 Å². The number of aromatic carboxylic acids is 1. The van der Waals surface area contributed by atoms with E-state index in [2.05, 4.69) is 5.32 Å². The predicted octanol–water partition coefficient (Wildman–Crippen LogP) is -1.66. The normalized spacial score (nSPS) is 11.9. The first-order valence-corrected chi connectivity index (χ1v) is 4.46. The van der Waals surface area contributed by atoms with Crippen molar-refractivity contribution in [3.8, 4) is 0 Å². The third-order valence-corrected chi connectivity index (χ3v) is 1.88. The summed E-state index contributed by atoms with van der Waals surface area (Å²) in [5.74, 6) is -2.31. The van der Waals surface area contributed by atoms with E-state index in [0.717, 1.165) is 0 Å². The number of aliphatic hydroxyl groups is 2. The Morgan fingerprint density at radius 2 is 2.00 bits per heavy atom. The van der Waals surface area contributed by atoms with E-state index in [1.54, 1.807) is 0 Å². The minimum atomic E-state index is -1.59. The number of rotatable bonds is 4. The molecule has 0 aliphatic rings. The summed E-state index contributed by atoms with van der Waals surface area (Å²) < 4.78 is 0. The molecule has 86 valence electrons. The second-order valence-electron chi connectivity index (χ2n) is 3.02. The quantitative estimate of drug-likeness (QED) is 0.567. The molecule has 3 N–H and O–H groups in total. The Kier molecular flexibility index (Phi) is 3.98. The third kappa shape index (κ3) is 2.78. The van der Waals surface area contributed by atoms with Crippen LogP contribution in [0, 0.1) is 0 Å². The number of carboxylic acid groups (broad SMARTS) is 1. The highest BCUT2D eigenvalue weighted by atomic mass is 16.4. The molecule has 0 radical (unpaired) electrons. The largest absolute Gasteiger partial charge is 0.545 e. The molecule has 0 saturated heterocycles. The maximum atomic E-state index is 11.2. The van der Waals surface area contributed by atoms with Gasteiger partial charge in [0.25, 0.3) is 5.91 Å². The van der Waals surface area contributed by atoms with Crippen LogP contribution in [0.2, 0.25) is 0 Å². The second kappa shape index (κ2) is 5.24. The van der Waals surface area contributed by atoms with Gasteiger partial charge in [0, 0.05) is 11.3 Å². The number of benzene rings is 1. The first-order valence-electron chi connectivity index (χ1n) is 4.46. The van der Waals surface area contributed by atoms with Crippen molar-refractivity contribution < 1.29 is 24.9 Å². The number of para-hydroxylation sites is 1. The Morgan fingerprint density at radius 3 is 2.56 bits per heavy atom. The van der Waals surface area contributed by atoms with Crippen molar-refractivity contribution in [1.29, 1.82) is 0 Å². The topological polar surface area (TPSA) is 110 Å². The fourth-order valence-corrected chi connectivity index (χ4v) is 1.07. The van der Waals surface area contributed by atoms with Crippen LogP contribution in [0.3, 0.4) is 0 Å². The first-order chi connectivity index (χ1) is 7.56. The highest BCUT2D eigenvalue weighted by Crippen LogP contribution is 2.14. The van der Waals surface area contributed by atoms with Crippen molar-refractivity contribution in [2.24, 2.45) is 0 Å². The van der Waals surface area contributed by atoms with Gasteiger partial charge in [0.15, 0.2) is 6.10 Å². The van der Waals surface area contributed by atoms with Crippen molar-refractivity contribution in [3.63, 3.8) is 0 Å². The summed E-state index contributed by atoms with van der Waals surface area (Å²) in [7, 11) is 0. The number of anilines is 1. The average molecular weight is 224 g/mol. The number of amides is 1. The highest BCUT2D eigenvalue weighted by molar-refractivity contribution is 6.01. The van der Waals surface area contributed by atoms with Crippen molar-refractivity contribution in [1.82, 2.24) is 0 Å². The van der Waals surface area contributed by atoms with Gasteiger partial charge in [-0.15, -0.1) is 0 Å². The van der Waals surface area contributed by atoms with Gasteiger partial charge < -0.3 is 25.4 Å². The van der Waals surface area contributed by atoms with Crippen LogP contribution >= 0.6 is 0 Å². The lowest BCUT2D eigenvalue weighted by Gasteiger charge is -2.13. The number of carboxylic acids is 1. The van der Waals surface area contributed by atoms with Crippen LogP contribution in [0.5, 0.6) is 0 Å². The molecule has 0 spiro atoms. The zero-order valence-electron chi connectivity index (χ0n) is 8.21. The number of carbonyl (C=O) groups is 2.